The molecule has 1 fully saturated rings. The number of carbonyl (C=O) groups is 1. The quantitative estimate of drug-likeness (QED) is 0.112. The third-order valence-corrected chi connectivity index (χ3v) is 12.5. The van der Waals surface area contributed by atoms with Crippen LogP contribution in [-0.2, 0) is 16.6 Å². The molecule has 9 aromatic rings. The number of hydrogen-bond acceptors (Lipinski definition) is 1. The minimum absolute atomic E-state index is 0.261. The molecule has 1 aliphatic carbocycles. The molecule has 1 aliphatic rings. The van der Waals surface area contributed by atoms with E-state index >= 15 is 0 Å². The summed E-state index contributed by atoms with van der Waals surface area (Å²) in [7, 11) is 0. The second-order valence-corrected chi connectivity index (χ2v) is 16.3. The second kappa shape index (κ2) is 17.6. The van der Waals surface area contributed by atoms with Crippen molar-refractivity contribution in [3.8, 4) is 0 Å². The Hall–Kier alpha value is -7.87. The van der Waals surface area contributed by atoms with Crippen molar-refractivity contribution in [1.29, 1.82) is 0 Å². The normalized spacial score (nSPS) is 15.3. The van der Waals surface area contributed by atoms with Crippen LogP contribution in [-0.4, -0.2) is 5.78 Å². The molecule has 63 heavy (non-hydrogen) atoms. The molecule has 1 nitrogen and oxygen atoms in total. The van der Waals surface area contributed by atoms with E-state index in [0.29, 0.717) is 6.42 Å². The van der Waals surface area contributed by atoms with E-state index in [1.807, 2.05) is 6.07 Å². The standard InChI is InChI=1S/C62H46O/c63-61-60(54-42-40-53(41-43-54)59(51-32-18-6-19-33-51)57(48-26-12-3-13-27-48)49-28-14-4-15-29-49)62(61,55-34-20-7-21-35-55)44-45-36-38-52(39-37-45)58(50-30-16-5-17-31-50)56(46-22-8-1-9-23-46)47-24-10-2-11-25-47/h1-43,60H,44H2. The lowest BCUT2D eigenvalue weighted by atomic mass is 9.82. The number of carbonyl (C=O) groups excluding carboxylic acids is 1. The highest BCUT2D eigenvalue weighted by Gasteiger charge is 2.65. The fourth-order valence-corrected chi connectivity index (χ4v) is 9.52. The molecule has 0 radical (unpaired) electrons. The lowest BCUT2D eigenvalue weighted by molar-refractivity contribution is -0.112. The minimum Gasteiger partial charge on any atom is -0.298 e. The van der Waals surface area contributed by atoms with Crippen LogP contribution in [0.5, 0.6) is 0 Å². The summed E-state index contributed by atoms with van der Waals surface area (Å²) < 4.78 is 0. The first-order valence-corrected chi connectivity index (χ1v) is 21.8. The van der Waals surface area contributed by atoms with E-state index in [1.165, 1.54) is 16.7 Å². The average Bonchev–Trinajstić information content (AvgIpc) is 3.97. The third-order valence-electron chi connectivity index (χ3n) is 12.5. The van der Waals surface area contributed by atoms with Crippen molar-refractivity contribution in [2.45, 2.75) is 17.8 Å². The van der Waals surface area contributed by atoms with Crippen molar-refractivity contribution in [2.24, 2.45) is 0 Å². The van der Waals surface area contributed by atoms with Crippen molar-refractivity contribution < 1.29 is 4.79 Å². The number of Topliss-reactive ketones (excluding diaryl/α,β-unsaturated/α-hetero) is 1. The van der Waals surface area contributed by atoms with Crippen LogP contribution in [0.4, 0.5) is 0 Å². The molecule has 0 bridgehead atoms. The molecule has 2 atom stereocenters. The van der Waals surface area contributed by atoms with Crippen LogP contribution in [0.15, 0.2) is 261 Å². The number of benzene rings is 9. The summed E-state index contributed by atoms with van der Waals surface area (Å²) in [6, 6.07) is 92.1. The van der Waals surface area contributed by atoms with Crippen molar-refractivity contribution in [1.82, 2.24) is 0 Å². The zero-order chi connectivity index (χ0) is 42.4. The Morgan fingerprint density at radius 3 is 0.857 bits per heavy atom. The van der Waals surface area contributed by atoms with E-state index in [9.17, 15) is 4.79 Å². The van der Waals surface area contributed by atoms with Crippen LogP contribution in [0.2, 0.25) is 0 Å². The highest BCUT2D eigenvalue weighted by atomic mass is 16.1. The maximum atomic E-state index is 14.6. The van der Waals surface area contributed by atoms with E-state index in [4.69, 9.17) is 0 Å². The maximum Gasteiger partial charge on any atom is 0.153 e. The molecule has 2 unspecified atom stereocenters. The molecule has 0 aliphatic heterocycles. The summed E-state index contributed by atoms with van der Waals surface area (Å²) in [6.07, 6.45) is 0.610. The number of rotatable bonds is 12. The minimum atomic E-state index is -0.668. The first-order valence-electron chi connectivity index (χ1n) is 21.8. The summed E-state index contributed by atoms with van der Waals surface area (Å²) in [4.78, 5) is 14.6. The molecule has 1 saturated carbocycles. The zero-order valence-electron chi connectivity index (χ0n) is 35.0. The molecule has 0 saturated heterocycles. The van der Waals surface area contributed by atoms with Crippen LogP contribution in [0.25, 0.3) is 22.3 Å². The van der Waals surface area contributed by atoms with Gasteiger partial charge in [0, 0.05) is 0 Å². The van der Waals surface area contributed by atoms with Gasteiger partial charge in [-0.3, -0.25) is 4.79 Å². The predicted molar refractivity (Wildman–Crippen MR) is 261 cm³/mol. The van der Waals surface area contributed by atoms with Crippen LogP contribution in [0.3, 0.4) is 0 Å². The molecular weight excluding hydrogens is 761 g/mol. The van der Waals surface area contributed by atoms with E-state index in [2.05, 4.69) is 255 Å². The molecule has 9 aromatic carbocycles. The second-order valence-electron chi connectivity index (χ2n) is 16.3. The SMILES string of the molecule is O=C1C(c2ccc(C(=C(c3ccccc3)c3ccccc3)c3ccccc3)cc2)C1(Cc1ccc(C(=C(c2ccccc2)c2ccccc2)c2ccccc2)cc1)c1ccccc1. The van der Waals surface area contributed by atoms with Gasteiger partial charge in [-0.1, -0.05) is 261 Å². The van der Waals surface area contributed by atoms with E-state index < -0.39 is 5.41 Å². The summed E-state index contributed by atoms with van der Waals surface area (Å²) in [5, 5.41) is 0. The third kappa shape index (κ3) is 7.82. The topological polar surface area (TPSA) is 17.1 Å². The van der Waals surface area contributed by atoms with Crippen LogP contribution in [0.1, 0.15) is 67.1 Å². The van der Waals surface area contributed by atoms with Gasteiger partial charge in [-0.15, -0.1) is 0 Å². The van der Waals surface area contributed by atoms with Gasteiger partial charge in [-0.05, 0) is 89.9 Å². The Bertz CT molecular complexity index is 2930. The Kier molecular flexibility index (Phi) is 11.0. The van der Waals surface area contributed by atoms with Gasteiger partial charge in [-0.2, -0.15) is 0 Å². The molecular formula is C62H46O. The molecule has 1 heteroatoms. The zero-order valence-corrected chi connectivity index (χ0v) is 35.0. The van der Waals surface area contributed by atoms with Crippen LogP contribution in [0, 0.1) is 0 Å². The number of hydrogen-bond donors (Lipinski definition) is 0. The largest absolute Gasteiger partial charge is 0.298 e. The monoisotopic (exact) mass is 806 g/mol. The van der Waals surface area contributed by atoms with Gasteiger partial charge in [0.05, 0.1) is 11.3 Å². The van der Waals surface area contributed by atoms with Crippen molar-refractivity contribution in [3.63, 3.8) is 0 Å². The molecule has 10 rings (SSSR count). The summed E-state index contributed by atoms with van der Waals surface area (Å²) in [5.41, 5.74) is 16.4. The van der Waals surface area contributed by atoms with Gasteiger partial charge >= 0.3 is 0 Å². The Balaban J connectivity index is 1.04. The van der Waals surface area contributed by atoms with Crippen molar-refractivity contribution in [2.75, 3.05) is 0 Å². The van der Waals surface area contributed by atoms with Gasteiger partial charge in [0.25, 0.3) is 0 Å². The summed E-state index contributed by atoms with van der Waals surface area (Å²) >= 11 is 0. The van der Waals surface area contributed by atoms with Gasteiger partial charge in [0.15, 0.2) is 5.78 Å². The smallest absolute Gasteiger partial charge is 0.153 e. The van der Waals surface area contributed by atoms with Gasteiger partial charge in [-0.25, -0.2) is 0 Å². The summed E-state index contributed by atoms with van der Waals surface area (Å²) in [6.45, 7) is 0. The fraction of sp³-hybridized carbons (Fsp3) is 0.0484. The maximum absolute atomic E-state index is 14.6. The highest BCUT2D eigenvalue weighted by Crippen LogP contribution is 2.58. The lowest BCUT2D eigenvalue weighted by Gasteiger charge is -2.20. The van der Waals surface area contributed by atoms with E-state index in [-0.39, 0.29) is 11.7 Å². The first-order chi connectivity index (χ1) is 31.2. The molecule has 300 valence electrons. The summed E-state index contributed by atoms with van der Waals surface area (Å²) in [5.74, 6) is 0.00182. The van der Waals surface area contributed by atoms with Crippen molar-refractivity contribution in [3.05, 3.63) is 322 Å². The molecule has 0 heterocycles. The van der Waals surface area contributed by atoms with E-state index in [0.717, 1.165) is 66.8 Å². The molecule has 0 amide bonds. The first kappa shape index (κ1) is 39.3. The van der Waals surface area contributed by atoms with Crippen LogP contribution < -0.4 is 0 Å². The lowest BCUT2D eigenvalue weighted by Crippen LogP contribution is -2.16. The van der Waals surface area contributed by atoms with Gasteiger partial charge in [0.2, 0.25) is 0 Å². The Morgan fingerprint density at radius 2 is 0.556 bits per heavy atom. The molecule has 0 N–H and O–H groups in total. The van der Waals surface area contributed by atoms with E-state index in [1.54, 1.807) is 0 Å². The van der Waals surface area contributed by atoms with Crippen molar-refractivity contribution >= 4 is 28.1 Å². The van der Waals surface area contributed by atoms with Gasteiger partial charge in [0.1, 0.15) is 0 Å². The average molecular weight is 807 g/mol. The Morgan fingerprint density at radius 1 is 0.302 bits per heavy atom. The molecule has 0 aromatic heterocycles. The highest BCUT2D eigenvalue weighted by molar-refractivity contribution is 6.14. The molecule has 0 spiro atoms. The van der Waals surface area contributed by atoms with Gasteiger partial charge < -0.3 is 0 Å². The Labute approximate surface area is 371 Å². The fourth-order valence-electron chi connectivity index (χ4n) is 9.52. The predicted octanol–water partition coefficient (Wildman–Crippen LogP) is 14.5. The van der Waals surface area contributed by atoms with Crippen LogP contribution >= 0.6 is 0 Å². The number of ketones is 1.